The molecule has 2 rings (SSSR count). The van der Waals surface area contributed by atoms with E-state index in [9.17, 15) is 18.4 Å². The van der Waals surface area contributed by atoms with E-state index in [0.29, 0.717) is 5.01 Å². The van der Waals surface area contributed by atoms with Crippen molar-refractivity contribution in [1.82, 2.24) is 0 Å². The van der Waals surface area contributed by atoms with Gasteiger partial charge in [-0.1, -0.05) is 12.1 Å². The van der Waals surface area contributed by atoms with Crippen molar-refractivity contribution < 1.29 is 23.5 Å². The summed E-state index contributed by atoms with van der Waals surface area (Å²) in [5.41, 5.74) is -0.726. The van der Waals surface area contributed by atoms with Crippen LogP contribution in [-0.2, 0) is 4.79 Å². The Balaban J connectivity index is 2.44. The first-order valence-corrected chi connectivity index (χ1v) is 5.01. The molecule has 1 amide bonds. The highest BCUT2D eigenvalue weighted by molar-refractivity contribution is 6.15. The molecule has 0 spiro atoms. The van der Waals surface area contributed by atoms with Crippen molar-refractivity contribution in [3.8, 4) is 0 Å². The minimum absolute atomic E-state index is 0.00866. The van der Waals surface area contributed by atoms with Crippen LogP contribution in [0.2, 0.25) is 0 Å². The topological polar surface area (TPSA) is 70.0 Å². The van der Waals surface area contributed by atoms with Crippen LogP contribution in [0.5, 0.6) is 0 Å². The maximum Gasteiger partial charge on any atom is 0.337 e. The predicted molar refractivity (Wildman–Crippen MR) is 58.9 cm³/mol. The van der Waals surface area contributed by atoms with E-state index >= 15 is 0 Å². The molecule has 1 heterocycles. The molecule has 0 saturated carbocycles. The quantitative estimate of drug-likeness (QED) is 0.893. The van der Waals surface area contributed by atoms with E-state index in [2.05, 4.69) is 5.10 Å². The number of alkyl halides is 2. The van der Waals surface area contributed by atoms with Gasteiger partial charge in [-0.15, -0.1) is 0 Å². The predicted octanol–water partition coefficient (Wildman–Crippen LogP) is 1.74. The summed E-state index contributed by atoms with van der Waals surface area (Å²) in [6.45, 7) is 0. The van der Waals surface area contributed by atoms with Gasteiger partial charge in [0.25, 0.3) is 12.3 Å². The number of hydrogen-bond donors (Lipinski definition) is 1. The van der Waals surface area contributed by atoms with E-state index in [1.165, 1.54) is 24.3 Å². The summed E-state index contributed by atoms with van der Waals surface area (Å²) in [6.07, 6.45) is -3.32. The number of carbonyl (C=O) groups excluding carboxylic acids is 1. The summed E-state index contributed by atoms with van der Waals surface area (Å²) in [7, 11) is 0. The fraction of sp³-hybridized carbons (Fsp3) is 0.182. The van der Waals surface area contributed by atoms with Crippen LogP contribution in [0.15, 0.2) is 29.4 Å². The highest BCUT2D eigenvalue weighted by Crippen LogP contribution is 2.26. The Kier molecular flexibility index (Phi) is 3.05. The average Bonchev–Trinajstić information content (AvgIpc) is 2.71. The first kappa shape index (κ1) is 12.2. The maximum absolute atomic E-state index is 12.4. The summed E-state index contributed by atoms with van der Waals surface area (Å²) in [5.74, 6) is -1.92. The molecule has 0 unspecified atom stereocenters. The van der Waals surface area contributed by atoms with Crippen LogP contribution >= 0.6 is 0 Å². The van der Waals surface area contributed by atoms with E-state index in [1.807, 2.05) is 0 Å². The molecule has 1 aromatic rings. The molecule has 0 aromatic heterocycles. The SMILES string of the molecule is O=C(O)c1ccccc1N1N=C(C(F)F)CC1=O. The van der Waals surface area contributed by atoms with Gasteiger partial charge in [-0.2, -0.15) is 10.1 Å². The van der Waals surface area contributed by atoms with E-state index in [4.69, 9.17) is 5.11 Å². The number of amides is 1. The van der Waals surface area contributed by atoms with Crippen molar-refractivity contribution in [1.29, 1.82) is 0 Å². The van der Waals surface area contributed by atoms with Gasteiger partial charge in [0.1, 0.15) is 5.71 Å². The van der Waals surface area contributed by atoms with Crippen molar-refractivity contribution in [2.24, 2.45) is 5.10 Å². The molecular formula is C11H8F2N2O3. The number of carbonyl (C=O) groups is 2. The number of para-hydroxylation sites is 1. The molecule has 7 heteroatoms. The van der Waals surface area contributed by atoms with Crippen LogP contribution in [0.3, 0.4) is 0 Å². The first-order chi connectivity index (χ1) is 8.50. The Morgan fingerprint density at radius 1 is 1.39 bits per heavy atom. The van der Waals surface area contributed by atoms with E-state index in [0.717, 1.165) is 0 Å². The van der Waals surface area contributed by atoms with Crippen molar-refractivity contribution in [3.63, 3.8) is 0 Å². The lowest BCUT2D eigenvalue weighted by atomic mass is 10.1. The summed E-state index contributed by atoms with van der Waals surface area (Å²) < 4.78 is 24.9. The molecule has 94 valence electrons. The van der Waals surface area contributed by atoms with Gasteiger partial charge in [0.15, 0.2) is 0 Å². The largest absolute Gasteiger partial charge is 0.478 e. The van der Waals surface area contributed by atoms with Crippen LogP contribution in [0.1, 0.15) is 16.8 Å². The Bertz CT molecular complexity index is 543. The molecule has 0 saturated heterocycles. The highest BCUT2D eigenvalue weighted by atomic mass is 19.3. The number of hydrogen-bond acceptors (Lipinski definition) is 3. The van der Waals surface area contributed by atoms with Crippen molar-refractivity contribution in [3.05, 3.63) is 29.8 Å². The second-order valence-electron chi connectivity index (χ2n) is 3.60. The molecule has 0 bridgehead atoms. The molecule has 1 aromatic carbocycles. The maximum atomic E-state index is 12.4. The van der Waals surface area contributed by atoms with Crippen molar-refractivity contribution in [2.75, 3.05) is 5.01 Å². The molecule has 18 heavy (non-hydrogen) atoms. The third kappa shape index (κ3) is 2.06. The number of hydrazone groups is 1. The lowest BCUT2D eigenvalue weighted by Crippen LogP contribution is -2.22. The van der Waals surface area contributed by atoms with E-state index in [-0.39, 0.29) is 11.3 Å². The van der Waals surface area contributed by atoms with Gasteiger partial charge >= 0.3 is 5.97 Å². The van der Waals surface area contributed by atoms with Gasteiger partial charge in [0, 0.05) is 0 Å². The number of carboxylic acid groups (broad SMARTS) is 1. The first-order valence-electron chi connectivity index (χ1n) is 5.01. The number of nitrogens with zero attached hydrogens (tertiary/aromatic N) is 2. The second-order valence-corrected chi connectivity index (χ2v) is 3.60. The fourth-order valence-electron chi connectivity index (χ4n) is 1.60. The number of anilines is 1. The number of benzene rings is 1. The van der Waals surface area contributed by atoms with Crippen LogP contribution < -0.4 is 5.01 Å². The Labute approximate surface area is 100 Å². The number of aromatic carboxylic acids is 1. The average molecular weight is 254 g/mol. The van der Waals surface area contributed by atoms with Crippen molar-refractivity contribution >= 4 is 23.3 Å². The molecule has 1 aliphatic heterocycles. The molecule has 0 radical (unpaired) electrons. The number of rotatable bonds is 3. The van der Waals surface area contributed by atoms with Gasteiger partial charge in [0.05, 0.1) is 17.7 Å². The summed E-state index contributed by atoms with van der Waals surface area (Å²) in [4.78, 5) is 22.5. The van der Waals surface area contributed by atoms with Crippen molar-refractivity contribution in [2.45, 2.75) is 12.8 Å². The van der Waals surface area contributed by atoms with Gasteiger partial charge in [0.2, 0.25) is 0 Å². The van der Waals surface area contributed by atoms with E-state index < -0.39 is 30.4 Å². The lowest BCUT2D eigenvalue weighted by Gasteiger charge is -2.13. The zero-order valence-electron chi connectivity index (χ0n) is 9.01. The summed E-state index contributed by atoms with van der Waals surface area (Å²) in [5, 5.41) is 13.1. The Hall–Kier alpha value is -2.31. The van der Waals surface area contributed by atoms with Gasteiger partial charge in [-0.25, -0.2) is 13.6 Å². The van der Waals surface area contributed by atoms with Crippen LogP contribution in [0.25, 0.3) is 0 Å². The number of carboxylic acids is 1. The molecule has 0 fully saturated rings. The van der Waals surface area contributed by atoms with Crippen LogP contribution in [0, 0.1) is 0 Å². The minimum atomic E-state index is -2.82. The third-order valence-electron chi connectivity index (χ3n) is 2.41. The second kappa shape index (κ2) is 4.52. The highest BCUT2D eigenvalue weighted by Gasteiger charge is 2.31. The normalized spacial score (nSPS) is 15.2. The Morgan fingerprint density at radius 2 is 2.06 bits per heavy atom. The standard InChI is InChI=1S/C11H8F2N2O3/c12-10(13)7-5-9(16)15(14-7)8-4-2-1-3-6(8)11(17)18/h1-4,10H,5H2,(H,17,18). The minimum Gasteiger partial charge on any atom is -0.478 e. The monoisotopic (exact) mass is 254 g/mol. The molecule has 1 N–H and O–H groups in total. The fourth-order valence-corrected chi connectivity index (χ4v) is 1.60. The third-order valence-corrected chi connectivity index (χ3v) is 2.41. The summed E-state index contributed by atoms with van der Waals surface area (Å²) in [6, 6.07) is 5.61. The number of halogens is 2. The molecule has 1 aliphatic rings. The smallest absolute Gasteiger partial charge is 0.337 e. The molecule has 0 aliphatic carbocycles. The molecule has 0 atom stereocenters. The van der Waals surface area contributed by atoms with Crippen LogP contribution in [0.4, 0.5) is 14.5 Å². The Morgan fingerprint density at radius 3 is 2.61 bits per heavy atom. The molecule has 5 nitrogen and oxygen atoms in total. The lowest BCUT2D eigenvalue weighted by molar-refractivity contribution is -0.117. The zero-order valence-corrected chi connectivity index (χ0v) is 9.01. The van der Waals surface area contributed by atoms with E-state index in [1.54, 1.807) is 0 Å². The zero-order chi connectivity index (χ0) is 13.3. The van der Waals surface area contributed by atoms with Gasteiger partial charge in [-0.3, -0.25) is 4.79 Å². The van der Waals surface area contributed by atoms with Gasteiger partial charge < -0.3 is 5.11 Å². The summed E-state index contributed by atoms with van der Waals surface area (Å²) >= 11 is 0. The molecular weight excluding hydrogens is 246 g/mol. The van der Waals surface area contributed by atoms with Gasteiger partial charge in [-0.05, 0) is 12.1 Å². The van der Waals surface area contributed by atoms with Crippen LogP contribution in [-0.4, -0.2) is 29.1 Å².